The van der Waals surface area contributed by atoms with Gasteiger partial charge in [-0.1, -0.05) is 18.2 Å². The molecule has 1 aromatic heterocycles. The van der Waals surface area contributed by atoms with Crippen LogP contribution in [-0.4, -0.2) is 43.5 Å². The molecule has 4 rings (SSSR count). The van der Waals surface area contributed by atoms with Gasteiger partial charge >= 0.3 is 0 Å². The van der Waals surface area contributed by atoms with Crippen LogP contribution in [0.15, 0.2) is 48.5 Å². The number of carbonyl (C=O) groups is 1. The van der Waals surface area contributed by atoms with Crippen LogP contribution >= 0.6 is 0 Å². The van der Waals surface area contributed by atoms with Gasteiger partial charge in [-0.15, -0.1) is 0 Å². The number of Topliss-reactive ketones (excluding diaryl/α,β-unsaturated/α-hetero) is 1. The number of hydrogen-bond donors (Lipinski definition) is 2. The molecule has 2 N–H and O–H groups in total. The summed E-state index contributed by atoms with van der Waals surface area (Å²) in [5, 5.41) is 1.01. The lowest BCUT2D eigenvalue weighted by atomic mass is 10.1. The first-order chi connectivity index (χ1) is 12.6. The number of hydrogen-bond acceptors (Lipinski definition) is 2. The van der Waals surface area contributed by atoms with E-state index in [9.17, 15) is 9.18 Å². The predicted octanol–water partition coefficient (Wildman–Crippen LogP) is 2.20. The maximum absolute atomic E-state index is 13.1. The van der Waals surface area contributed by atoms with Crippen LogP contribution in [0.3, 0.4) is 0 Å². The van der Waals surface area contributed by atoms with E-state index in [1.165, 1.54) is 17.0 Å². The smallest absolute Gasteiger partial charge is 0.219 e. The molecular weight excluding hydrogens is 329 g/mol. The predicted molar refractivity (Wildman–Crippen MR) is 102 cm³/mol. The van der Waals surface area contributed by atoms with Crippen molar-refractivity contribution in [1.82, 2.24) is 4.98 Å². The summed E-state index contributed by atoms with van der Waals surface area (Å²) in [6, 6.07) is 14.6. The zero-order valence-electron chi connectivity index (χ0n) is 14.9. The maximum atomic E-state index is 13.1. The quantitative estimate of drug-likeness (QED) is 0.707. The van der Waals surface area contributed by atoms with Gasteiger partial charge in [0.25, 0.3) is 0 Å². The summed E-state index contributed by atoms with van der Waals surface area (Å²) in [4.78, 5) is 19.8. The third kappa shape index (κ3) is 3.22. The highest BCUT2D eigenvalue weighted by Crippen LogP contribution is 2.22. The molecule has 134 valence electrons. The third-order valence-corrected chi connectivity index (χ3v) is 5.25. The summed E-state index contributed by atoms with van der Waals surface area (Å²) < 4.78 is 13.1. The van der Waals surface area contributed by atoms with E-state index in [4.69, 9.17) is 0 Å². The number of piperazine rings is 1. The van der Waals surface area contributed by atoms with E-state index in [0.717, 1.165) is 54.0 Å². The minimum Gasteiger partial charge on any atom is -0.360 e. The van der Waals surface area contributed by atoms with Gasteiger partial charge in [-0.3, -0.25) is 4.79 Å². The number of ketones is 1. The Hall–Kier alpha value is -2.66. The second kappa shape index (κ2) is 6.92. The third-order valence-electron chi connectivity index (χ3n) is 5.25. The van der Waals surface area contributed by atoms with Gasteiger partial charge in [-0.2, -0.15) is 0 Å². The van der Waals surface area contributed by atoms with Crippen LogP contribution in [0.25, 0.3) is 10.9 Å². The van der Waals surface area contributed by atoms with E-state index in [1.54, 1.807) is 0 Å². The second-order valence-corrected chi connectivity index (χ2v) is 6.98. The number of nitrogens with zero attached hydrogens (tertiary/aromatic N) is 1. The van der Waals surface area contributed by atoms with Gasteiger partial charge < -0.3 is 14.8 Å². The Morgan fingerprint density at radius 2 is 1.81 bits per heavy atom. The highest BCUT2D eigenvalue weighted by molar-refractivity contribution is 6.09. The Morgan fingerprint density at radius 1 is 1.12 bits per heavy atom. The number of para-hydroxylation sites is 1. The standard InChI is InChI=1S/C21H22FN3O/c1-15-21(18-4-2-3-5-19(18)23-15)20(26)14-24-10-12-25(13-11-24)17-8-6-16(22)7-9-17/h2-9,23H,10-14H2,1H3/p+1. The maximum Gasteiger partial charge on any atom is 0.219 e. The van der Waals surface area contributed by atoms with E-state index < -0.39 is 0 Å². The summed E-state index contributed by atoms with van der Waals surface area (Å²) >= 11 is 0. The fraction of sp³-hybridized carbons (Fsp3) is 0.286. The Balaban J connectivity index is 1.41. The number of H-pyrrole nitrogens is 1. The number of aromatic nitrogens is 1. The molecule has 1 aliphatic rings. The van der Waals surface area contributed by atoms with Gasteiger partial charge in [-0.25, -0.2) is 4.39 Å². The lowest BCUT2D eigenvalue weighted by Crippen LogP contribution is -3.15. The molecule has 0 amide bonds. The molecule has 4 nitrogen and oxygen atoms in total. The summed E-state index contributed by atoms with van der Waals surface area (Å²) in [5.41, 5.74) is 3.84. The minimum atomic E-state index is -0.210. The van der Waals surface area contributed by atoms with Gasteiger partial charge in [0.1, 0.15) is 12.4 Å². The molecule has 5 heteroatoms. The van der Waals surface area contributed by atoms with Crippen LogP contribution in [0.4, 0.5) is 10.1 Å². The SMILES string of the molecule is Cc1[nH]c2ccccc2c1C(=O)C[NH+]1CCN(c2ccc(F)cc2)CC1. The molecule has 0 spiro atoms. The average molecular weight is 352 g/mol. The van der Waals surface area contributed by atoms with Crippen molar-refractivity contribution in [2.45, 2.75) is 6.92 Å². The first-order valence-electron chi connectivity index (χ1n) is 9.06. The lowest BCUT2D eigenvalue weighted by molar-refractivity contribution is -0.892. The van der Waals surface area contributed by atoms with E-state index in [-0.39, 0.29) is 11.6 Å². The number of benzene rings is 2. The van der Waals surface area contributed by atoms with Gasteiger partial charge in [0.05, 0.1) is 31.7 Å². The second-order valence-electron chi connectivity index (χ2n) is 6.98. The zero-order valence-corrected chi connectivity index (χ0v) is 14.9. The van der Waals surface area contributed by atoms with Crippen LogP contribution in [0.1, 0.15) is 16.1 Å². The van der Waals surface area contributed by atoms with Gasteiger partial charge in [-0.05, 0) is 37.3 Å². The minimum absolute atomic E-state index is 0.199. The van der Waals surface area contributed by atoms with E-state index in [0.29, 0.717) is 6.54 Å². The van der Waals surface area contributed by atoms with E-state index in [2.05, 4.69) is 9.88 Å². The van der Waals surface area contributed by atoms with Gasteiger partial charge in [0.15, 0.2) is 0 Å². The monoisotopic (exact) mass is 352 g/mol. The Kier molecular flexibility index (Phi) is 4.47. The Morgan fingerprint density at radius 3 is 2.54 bits per heavy atom. The van der Waals surface area contributed by atoms with E-state index in [1.807, 2.05) is 43.3 Å². The normalized spacial score (nSPS) is 15.5. The van der Waals surface area contributed by atoms with Crippen molar-refractivity contribution in [2.24, 2.45) is 0 Å². The van der Waals surface area contributed by atoms with Crippen molar-refractivity contribution in [3.63, 3.8) is 0 Å². The topological polar surface area (TPSA) is 40.5 Å². The molecule has 0 unspecified atom stereocenters. The van der Waals surface area contributed by atoms with Crippen LogP contribution in [0.2, 0.25) is 0 Å². The molecule has 1 aliphatic heterocycles. The number of anilines is 1. The molecule has 1 fully saturated rings. The number of rotatable bonds is 4. The van der Waals surface area contributed by atoms with Gasteiger partial charge in [0.2, 0.25) is 5.78 Å². The fourth-order valence-corrected chi connectivity index (χ4v) is 3.86. The van der Waals surface area contributed by atoms with E-state index >= 15 is 0 Å². The number of nitrogens with one attached hydrogen (secondary N) is 2. The highest BCUT2D eigenvalue weighted by atomic mass is 19.1. The van der Waals surface area contributed by atoms with Crippen LogP contribution in [0, 0.1) is 12.7 Å². The summed E-state index contributed by atoms with van der Waals surface area (Å²) in [7, 11) is 0. The molecule has 0 atom stereocenters. The molecule has 2 heterocycles. The molecule has 3 aromatic rings. The van der Waals surface area contributed by atoms with Crippen molar-refractivity contribution in [2.75, 3.05) is 37.6 Å². The summed E-state index contributed by atoms with van der Waals surface area (Å²) in [6.07, 6.45) is 0. The molecular formula is C21H23FN3O+. The first-order valence-corrected chi connectivity index (χ1v) is 9.06. The number of aryl methyl sites for hydroxylation is 1. The average Bonchev–Trinajstić information content (AvgIpc) is 2.99. The van der Waals surface area contributed by atoms with Crippen molar-refractivity contribution in [1.29, 1.82) is 0 Å². The van der Waals surface area contributed by atoms with Crippen molar-refractivity contribution < 1.29 is 14.1 Å². The first kappa shape index (κ1) is 16.8. The Bertz CT molecular complexity index is 924. The van der Waals surface area contributed by atoms with Crippen molar-refractivity contribution in [3.05, 3.63) is 65.6 Å². The molecule has 26 heavy (non-hydrogen) atoms. The molecule has 0 saturated carbocycles. The van der Waals surface area contributed by atoms with Crippen LogP contribution in [-0.2, 0) is 0 Å². The number of fused-ring (bicyclic) bond motifs is 1. The summed E-state index contributed by atoms with van der Waals surface area (Å²) in [5.74, 6) is -0.0112. The van der Waals surface area contributed by atoms with Crippen molar-refractivity contribution >= 4 is 22.4 Å². The number of halogens is 1. The molecule has 0 bridgehead atoms. The van der Waals surface area contributed by atoms with Crippen molar-refractivity contribution in [3.8, 4) is 0 Å². The highest BCUT2D eigenvalue weighted by Gasteiger charge is 2.25. The Labute approximate surface area is 152 Å². The van der Waals surface area contributed by atoms with Crippen LogP contribution < -0.4 is 9.80 Å². The summed E-state index contributed by atoms with van der Waals surface area (Å²) in [6.45, 7) is 6.05. The number of quaternary nitrogens is 1. The molecule has 0 radical (unpaired) electrons. The number of carbonyl (C=O) groups excluding carboxylic acids is 1. The van der Waals surface area contributed by atoms with Gasteiger partial charge in [0, 0.05) is 22.3 Å². The zero-order chi connectivity index (χ0) is 18.1. The molecule has 2 aromatic carbocycles. The van der Waals surface area contributed by atoms with Crippen LogP contribution in [0.5, 0.6) is 0 Å². The molecule has 1 saturated heterocycles. The lowest BCUT2D eigenvalue weighted by Gasteiger charge is -2.33. The largest absolute Gasteiger partial charge is 0.360 e. The molecule has 0 aliphatic carbocycles. The fourth-order valence-electron chi connectivity index (χ4n) is 3.86. The number of aromatic amines is 1.